The van der Waals surface area contributed by atoms with Gasteiger partial charge in [-0.25, -0.2) is 0 Å². The predicted molar refractivity (Wildman–Crippen MR) is 106 cm³/mol. The number of carbonyl (C=O) groups is 1. The van der Waals surface area contributed by atoms with Crippen molar-refractivity contribution in [2.24, 2.45) is 7.05 Å². The van der Waals surface area contributed by atoms with Gasteiger partial charge in [0, 0.05) is 44.5 Å². The van der Waals surface area contributed by atoms with E-state index in [0.717, 1.165) is 12.1 Å². The lowest BCUT2D eigenvalue weighted by atomic mass is 10.1. The van der Waals surface area contributed by atoms with E-state index in [9.17, 15) is 4.79 Å². The third-order valence-corrected chi connectivity index (χ3v) is 3.61. The third-order valence-electron chi connectivity index (χ3n) is 3.61. The number of methoxy groups -OCH3 is 1. The third kappa shape index (κ3) is 6.40. The summed E-state index contributed by atoms with van der Waals surface area (Å²) in [7, 11) is 7.05. The Bertz CT molecular complexity index is 694. The maximum atomic E-state index is 12.4. The van der Waals surface area contributed by atoms with Crippen LogP contribution in [0.2, 0.25) is 0 Å². The van der Waals surface area contributed by atoms with E-state index >= 15 is 0 Å². The minimum atomic E-state index is -0.0534. The second-order valence-corrected chi connectivity index (χ2v) is 5.51. The molecule has 2 rings (SSSR count). The van der Waals surface area contributed by atoms with E-state index in [4.69, 9.17) is 9.47 Å². The number of amides is 1. The number of hydrogen-bond acceptors (Lipinski definition) is 5. The summed E-state index contributed by atoms with van der Waals surface area (Å²) >= 11 is 0. The maximum absolute atomic E-state index is 12.4. The number of aryl methyl sites for hydroxylation is 1. The average molecular weight is 405 g/mol. The van der Waals surface area contributed by atoms with Crippen LogP contribution < -0.4 is 14.8 Å². The molecular formula is C17H26Cl2N4O3. The molecule has 9 heteroatoms. The lowest BCUT2D eigenvalue weighted by Gasteiger charge is -2.18. The molecule has 1 aromatic carbocycles. The molecule has 0 saturated heterocycles. The fourth-order valence-electron chi connectivity index (χ4n) is 2.23. The minimum absolute atomic E-state index is 0. The molecule has 0 fully saturated rings. The van der Waals surface area contributed by atoms with Gasteiger partial charge in [-0.05, 0) is 25.2 Å². The van der Waals surface area contributed by atoms with Gasteiger partial charge in [0.1, 0.15) is 6.61 Å². The lowest BCUT2D eigenvalue weighted by molar-refractivity contribution is 0.0796. The van der Waals surface area contributed by atoms with Gasteiger partial charge in [0.25, 0.3) is 5.91 Å². The van der Waals surface area contributed by atoms with Gasteiger partial charge in [-0.1, -0.05) is 0 Å². The average Bonchev–Trinajstić information content (AvgIpc) is 3.02. The summed E-state index contributed by atoms with van der Waals surface area (Å²) < 4.78 is 12.9. The molecule has 1 aromatic heterocycles. The molecule has 1 amide bonds. The summed E-state index contributed by atoms with van der Waals surface area (Å²) in [5.74, 6) is 1.07. The quantitative estimate of drug-likeness (QED) is 0.729. The Labute approximate surface area is 166 Å². The Morgan fingerprint density at radius 2 is 2.04 bits per heavy atom. The minimum Gasteiger partial charge on any atom is -0.493 e. The summed E-state index contributed by atoms with van der Waals surface area (Å²) in [4.78, 5) is 14.1. The van der Waals surface area contributed by atoms with Crippen molar-refractivity contribution in [3.05, 3.63) is 41.7 Å². The number of ether oxygens (including phenoxy) is 2. The molecule has 7 nitrogen and oxygen atoms in total. The molecule has 1 heterocycles. The van der Waals surface area contributed by atoms with E-state index in [1.807, 2.05) is 20.3 Å². The molecule has 0 spiro atoms. The van der Waals surface area contributed by atoms with Crippen LogP contribution in [0, 0.1) is 0 Å². The number of aromatic nitrogens is 2. The van der Waals surface area contributed by atoms with E-state index < -0.39 is 0 Å². The number of rotatable bonds is 8. The van der Waals surface area contributed by atoms with Crippen LogP contribution in [0.25, 0.3) is 0 Å². The molecule has 0 atom stereocenters. The monoisotopic (exact) mass is 404 g/mol. The fourth-order valence-corrected chi connectivity index (χ4v) is 2.23. The SMILES string of the molecule is CNCCN(C)C(=O)c1ccc(OCc2cnn(C)c2)c(OC)c1.Cl.Cl. The van der Waals surface area contributed by atoms with Crippen LogP contribution in [0.3, 0.4) is 0 Å². The van der Waals surface area contributed by atoms with Crippen molar-refractivity contribution in [3.63, 3.8) is 0 Å². The summed E-state index contributed by atoms with van der Waals surface area (Å²) in [5.41, 5.74) is 1.53. The normalized spacial score (nSPS) is 9.69. The molecule has 0 aliphatic heterocycles. The first-order chi connectivity index (χ1) is 11.5. The molecule has 2 aromatic rings. The van der Waals surface area contributed by atoms with Gasteiger partial charge in [-0.3, -0.25) is 9.48 Å². The number of nitrogens with one attached hydrogen (secondary N) is 1. The first kappa shape index (κ1) is 24.0. The van der Waals surface area contributed by atoms with Gasteiger partial charge in [0.15, 0.2) is 11.5 Å². The van der Waals surface area contributed by atoms with E-state index in [1.54, 1.807) is 48.1 Å². The zero-order valence-electron chi connectivity index (χ0n) is 15.4. The predicted octanol–water partition coefficient (Wildman–Crippen LogP) is 2.14. The second-order valence-electron chi connectivity index (χ2n) is 5.51. The maximum Gasteiger partial charge on any atom is 0.253 e. The van der Waals surface area contributed by atoms with Crippen molar-refractivity contribution in [1.29, 1.82) is 0 Å². The Hall–Kier alpha value is -1.96. The fraction of sp³-hybridized carbons (Fsp3) is 0.412. The van der Waals surface area contributed by atoms with Crippen LogP contribution >= 0.6 is 24.8 Å². The largest absolute Gasteiger partial charge is 0.493 e. The van der Waals surface area contributed by atoms with Crippen molar-refractivity contribution in [1.82, 2.24) is 20.0 Å². The van der Waals surface area contributed by atoms with Crippen molar-refractivity contribution in [2.45, 2.75) is 6.61 Å². The van der Waals surface area contributed by atoms with Crippen LogP contribution in [-0.2, 0) is 13.7 Å². The molecule has 0 bridgehead atoms. The van der Waals surface area contributed by atoms with Crippen molar-refractivity contribution >= 4 is 30.7 Å². The van der Waals surface area contributed by atoms with Gasteiger partial charge in [-0.2, -0.15) is 5.10 Å². The first-order valence-corrected chi connectivity index (χ1v) is 7.73. The highest BCUT2D eigenvalue weighted by Gasteiger charge is 2.15. The highest BCUT2D eigenvalue weighted by molar-refractivity contribution is 5.94. The smallest absolute Gasteiger partial charge is 0.253 e. The molecule has 1 N–H and O–H groups in total. The second kappa shape index (κ2) is 11.6. The zero-order valence-corrected chi connectivity index (χ0v) is 17.0. The number of likely N-dealkylation sites (N-methyl/N-ethyl adjacent to an activating group) is 2. The molecule has 146 valence electrons. The molecular weight excluding hydrogens is 379 g/mol. The standard InChI is InChI=1S/C17H24N4O3.2ClH/c1-18-7-8-20(2)17(22)14-5-6-15(16(9-14)23-4)24-12-13-10-19-21(3)11-13;;/h5-6,9-11,18H,7-8,12H2,1-4H3;2*1H. The molecule has 0 aliphatic carbocycles. The van der Waals surface area contributed by atoms with Gasteiger partial charge >= 0.3 is 0 Å². The van der Waals surface area contributed by atoms with Gasteiger partial charge < -0.3 is 19.7 Å². The Kier molecular flexibility index (Phi) is 10.7. The van der Waals surface area contributed by atoms with E-state index in [-0.39, 0.29) is 30.7 Å². The number of nitrogens with zero attached hydrogens (tertiary/aromatic N) is 3. The molecule has 26 heavy (non-hydrogen) atoms. The summed E-state index contributed by atoms with van der Waals surface area (Å²) in [5, 5.41) is 7.13. The number of halogens is 2. The molecule has 0 radical (unpaired) electrons. The molecule has 0 saturated carbocycles. The lowest BCUT2D eigenvalue weighted by Crippen LogP contribution is -2.32. The van der Waals surface area contributed by atoms with Gasteiger partial charge in [-0.15, -0.1) is 24.8 Å². The van der Waals surface area contributed by atoms with Gasteiger partial charge in [0.2, 0.25) is 0 Å². The number of carbonyl (C=O) groups excluding carboxylic acids is 1. The van der Waals surface area contributed by atoms with Crippen molar-refractivity contribution < 1.29 is 14.3 Å². The van der Waals surface area contributed by atoms with Crippen LogP contribution in [-0.4, -0.2) is 54.9 Å². The first-order valence-electron chi connectivity index (χ1n) is 7.73. The summed E-state index contributed by atoms with van der Waals surface area (Å²) in [6.45, 7) is 1.77. The highest BCUT2D eigenvalue weighted by Crippen LogP contribution is 2.29. The highest BCUT2D eigenvalue weighted by atomic mass is 35.5. The van der Waals surface area contributed by atoms with E-state index in [2.05, 4.69) is 10.4 Å². The Morgan fingerprint density at radius 1 is 1.31 bits per heavy atom. The van der Waals surface area contributed by atoms with Crippen molar-refractivity contribution in [2.75, 3.05) is 34.3 Å². The summed E-state index contributed by atoms with van der Waals surface area (Å²) in [6, 6.07) is 5.21. The topological polar surface area (TPSA) is 68.6 Å². The van der Waals surface area contributed by atoms with Crippen LogP contribution in [0.15, 0.2) is 30.6 Å². The Balaban J connectivity index is 0.00000312. The number of benzene rings is 1. The molecule has 0 unspecified atom stereocenters. The van der Waals surface area contributed by atoms with E-state index in [1.165, 1.54) is 0 Å². The Morgan fingerprint density at radius 3 is 2.62 bits per heavy atom. The number of hydrogen-bond donors (Lipinski definition) is 1. The van der Waals surface area contributed by atoms with Crippen LogP contribution in [0.5, 0.6) is 11.5 Å². The van der Waals surface area contributed by atoms with Gasteiger partial charge in [0.05, 0.1) is 13.3 Å². The molecule has 0 aliphatic rings. The summed E-state index contributed by atoms with van der Waals surface area (Å²) in [6.07, 6.45) is 3.64. The zero-order chi connectivity index (χ0) is 17.5. The van der Waals surface area contributed by atoms with Crippen LogP contribution in [0.1, 0.15) is 15.9 Å². The van der Waals surface area contributed by atoms with E-state index in [0.29, 0.717) is 30.2 Å². The van der Waals surface area contributed by atoms with Crippen molar-refractivity contribution in [3.8, 4) is 11.5 Å². The van der Waals surface area contributed by atoms with Crippen LogP contribution in [0.4, 0.5) is 0 Å².